The molecule has 0 radical (unpaired) electrons. The number of aromatic nitrogens is 3. The lowest BCUT2D eigenvalue weighted by Crippen LogP contribution is -2.14. The van der Waals surface area contributed by atoms with Gasteiger partial charge in [0.2, 0.25) is 10.9 Å². The van der Waals surface area contributed by atoms with Gasteiger partial charge < -0.3 is 10.1 Å². The third-order valence-electron chi connectivity index (χ3n) is 3.88. The topological polar surface area (TPSA) is 68.5 Å². The predicted molar refractivity (Wildman–Crippen MR) is 109 cm³/mol. The largest absolute Gasteiger partial charge is 0.497 e. The molecule has 6 nitrogen and oxygen atoms in total. The van der Waals surface area contributed by atoms with Crippen LogP contribution in [0.1, 0.15) is 0 Å². The molecule has 2 heterocycles. The van der Waals surface area contributed by atoms with Crippen LogP contribution in [-0.4, -0.2) is 33.4 Å². The second kappa shape index (κ2) is 7.81. The van der Waals surface area contributed by atoms with Crippen molar-refractivity contribution < 1.29 is 9.53 Å². The van der Waals surface area contributed by atoms with Crippen LogP contribution in [0.25, 0.3) is 16.2 Å². The van der Waals surface area contributed by atoms with E-state index in [-0.39, 0.29) is 11.7 Å². The molecular weight excluding hydrogens is 380 g/mol. The van der Waals surface area contributed by atoms with Gasteiger partial charge in [-0.15, -0.1) is 21.5 Å². The molecule has 0 aliphatic heterocycles. The van der Waals surface area contributed by atoms with Gasteiger partial charge in [-0.3, -0.25) is 9.20 Å². The van der Waals surface area contributed by atoms with E-state index in [0.29, 0.717) is 16.6 Å². The van der Waals surface area contributed by atoms with Crippen molar-refractivity contribution in [3.63, 3.8) is 0 Å². The van der Waals surface area contributed by atoms with Crippen LogP contribution in [-0.2, 0) is 4.79 Å². The van der Waals surface area contributed by atoms with Crippen molar-refractivity contribution in [2.75, 3.05) is 18.2 Å². The fourth-order valence-corrected chi connectivity index (χ4v) is 4.27. The number of nitrogens with zero attached hydrogens (tertiary/aromatic N) is 3. The number of nitrogens with one attached hydrogen (secondary N) is 1. The summed E-state index contributed by atoms with van der Waals surface area (Å²) in [5, 5.41) is 14.1. The number of carbonyl (C=O) groups is 1. The normalized spacial score (nSPS) is 10.9. The van der Waals surface area contributed by atoms with E-state index in [2.05, 4.69) is 20.9 Å². The Hall–Kier alpha value is -2.84. The van der Waals surface area contributed by atoms with Gasteiger partial charge >= 0.3 is 0 Å². The number of rotatable bonds is 6. The molecule has 136 valence electrons. The van der Waals surface area contributed by atoms with E-state index in [1.54, 1.807) is 13.2 Å². The van der Waals surface area contributed by atoms with Gasteiger partial charge in [0.1, 0.15) is 5.75 Å². The van der Waals surface area contributed by atoms with Crippen LogP contribution < -0.4 is 10.1 Å². The number of fused-ring (bicyclic) bond motifs is 1. The molecule has 0 unspecified atom stereocenters. The number of methoxy groups -OCH3 is 1. The molecule has 0 saturated carbocycles. The second-order valence-electron chi connectivity index (χ2n) is 5.66. The summed E-state index contributed by atoms with van der Waals surface area (Å²) in [6.07, 6.45) is 0. The average Bonchev–Trinajstić information content (AvgIpc) is 3.29. The molecule has 8 heteroatoms. The van der Waals surface area contributed by atoms with Gasteiger partial charge in [0.15, 0.2) is 5.16 Å². The van der Waals surface area contributed by atoms with Crippen molar-refractivity contribution >= 4 is 39.7 Å². The third-order valence-corrected chi connectivity index (χ3v) is 5.62. The van der Waals surface area contributed by atoms with E-state index in [1.807, 2.05) is 52.9 Å². The molecule has 4 rings (SSSR count). The first-order valence-electron chi connectivity index (χ1n) is 8.19. The van der Waals surface area contributed by atoms with Crippen molar-refractivity contribution in [3.8, 4) is 17.0 Å². The quantitative estimate of drug-likeness (QED) is 0.495. The van der Waals surface area contributed by atoms with Crippen LogP contribution in [0.4, 0.5) is 5.69 Å². The number of hydrogen-bond acceptors (Lipinski definition) is 6. The highest BCUT2D eigenvalue weighted by Crippen LogP contribution is 2.29. The fraction of sp³-hybridized carbons (Fsp3) is 0.105. The Morgan fingerprint density at radius 2 is 2.04 bits per heavy atom. The predicted octanol–water partition coefficient (Wildman–Crippen LogP) is 4.20. The number of benzene rings is 2. The van der Waals surface area contributed by atoms with Crippen LogP contribution in [0.15, 0.2) is 65.1 Å². The maximum atomic E-state index is 12.3. The lowest BCUT2D eigenvalue weighted by atomic mass is 10.2. The first kappa shape index (κ1) is 17.6. The van der Waals surface area contributed by atoms with Crippen LogP contribution in [0.3, 0.4) is 0 Å². The van der Waals surface area contributed by atoms with Crippen LogP contribution >= 0.6 is 23.1 Å². The number of hydrogen-bond donors (Lipinski definition) is 1. The van der Waals surface area contributed by atoms with E-state index in [0.717, 1.165) is 16.2 Å². The molecule has 27 heavy (non-hydrogen) atoms. The van der Waals surface area contributed by atoms with Crippen molar-refractivity contribution in [2.45, 2.75) is 5.16 Å². The Balaban J connectivity index is 1.49. The van der Waals surface area contributed by atoms with E-state index in [9.17, 15) is 4.79 Å². The van der Waals surface area contributed by atoms with E-state index < -0.39 is 0 Å². The Bertz CT molecular complexity index is 1080. The summed E-state index contributed by atoms with van der Waals surface area (Å²) in [6.45, 7) is 0. The highest BCUT2D eigenvalue weighted by Gasteiger charge is 2.15. The molecule has 0 fully saturated rings. The van der Waals surface area contributed by atoms with Gasteiger partial charge in [-0.1, -0.05) is 48.2 Å². The number of amides is 1. The average molecular weight is 396 g/mol. The van der Waals surface area contributed by atoms with Crippen LogP contribution in [0.2, 0.25) is 0 Å². The standard InChI is InChI=1S/C19H16N4O2S2/c1-25-15-9-5-8-14(10-15)20-17(24)12-27-19-22-21-18-23(19)16(11-26-18)13-6-3-2-4-7-13/h2-11H,12H2,1H3,(H,20,24). The molecular formula is C19H16N4O2S2. The lowest BCUT2D eigenvalue weighted by molar-refractivity contribution is -0.113. The Morgan fingerprint density at radius 1 is 1.19 bits per heavy atom. The number of carbonyl (C=O) groups excluding carboxylic acids is 1. The summed E-state index contributed by atoms with van der Waals surface area (Å²) in [4.78, 5) is 13.1. The SMILES string of the molecule is COc1cccc(NC(=O)CSc2nnc3scc(-c4ccccc4)n23)c1. The Labute approximate surface area is 164 Å². The number of thioether (sulfide) groups is 1. The summed E-state index contributed by atoms with van der Waals surface area (Å²) >= 11 is 2.89. The van der Waals surface area contributed by atoms with Gasteiger partial charge in [-0.2, -0.15) is 0 Å². The van der Waals surface area contributed by atoms with Crippen molar-refractivity contribution in [3.05, 3.63) is 60.0 Å². The maximum Gasteiger partial charge on any atom is 0.234 e. The first-order valence-corrected chi connectivity index (χ1v) is 10.1. The molecule has 0 bridgehead atoms. The number of ether oxygens (including phenoxy) is 1. The highest BCUT2D eigenvalue weighted by atomic mass is 32.2. The van der Waals surface area contributed by atoms with E-state index in [4.69, 9.17) is 4.74 Å². The Kier molecular flexibility index (Phi) is 5.08. The van der Waals surface area contributed by atoms with Gasteiger partial charge in [0.25, 0.3) is 0 Å². The summed E-state index contributed by atoms with van der Waals surface area (Å²) in [7, 11) is 1.60. The zero-order chi connectivity index (χ0) is 18.6. The first-order chi connectivity index (χ1) is 13.2. The molecule has 1 amide bonds. The number of thiazole rings is 1. The van der Waals surface area contributed by atoms with Gasteiger partial charge in [0, 0.05) is 17.1 Å². The summed E-state index contributed by atoms with van der Waals surface area (Å²) in [5.41, 5.74) is 2.81. The molecule has 2 aromatic heterocycles. The van der Waals surface area contributed by atoms with E-state index in [1.165, 1.54) is 23.1 Å². The van der Waals surface area contributed by atoms with Crippen LogP contribution in [0.5, 0.6) is 5.75 Å². The molecule has 0 aliphatic rings. The Morgan fingerprint density at radius 3 is 2.85 bits per heavy atom. The van der Waals surface area contributed by atoms with Crippen molar-refractivity contribution in [2.24, 2.45) is 0 Å². The summed E-state index contributed by atoms with van der Waals surface area (Å²) < 4.78 is 7.16. The second-order valence-corrected chi connectivity index (χ2v) is 7.44. The molecule has 0 aliphatic carbocycles. The van der Waals surface area contributed by atoms with Gasteiger partial charge in [-0.25, -0.2) is 0 Å². The monoisotopic (exact) mass is 396 g/mol. The zero-order valence-electron chi connectivity index (χ0n) is 14.5. The minimum atomic E-state index is -0.110. The molecule has 4 aromatic rings. The summed E-state index contributed by atoms with van der Waals surface area (Å²) in [6, 6.07) is 17.3. The lowest BCUT2D eigenvalue weighted by Gasteiger charge is -2.07. The minimum Gasteiger partial charge on any atom is -0.497 e. The molecule has 0 atom stereocenters. The van der Waals surface area contributed by atoms with Crippen LogP contribution in [0, 0.1) is 0 Å². The van der Waals surface area contributed by atoms with Gasteiger partial charge in [-0.05, 0) is 17.7 Å². The number of anilines is 1. The highest BCUT2D eigenvalue weighted by molar-refractivity contribution is 7.99. The molecule has 1 N–H and O–H groups in total. The smallest absolute Gasteiger partial charge is 0.234 e. The zero-order valence-corrected chi connectivity index (χ0v) is 16.1. The maximum absolute atomic E-state index is 12.3. The van der Waals surface area contributed by atoms with Gasteiger partial charge in [0.05, 0.1) is 18.6 Å². The summed E-state index contributed by atoms with van der Waals surface area (Å²) in [5.74, 6) is 0.828. The third kappa shape index (κ3) is 3.81. The molecule has 0 saturated heterocycles. The molecule has 2 aromatic carbocycles. The van der Waals surface area contributed by atoms with E-state index >= 15 is 0 Å². The van der Waals surface area contributed by atoms with Crippen molar-refractivity contribution in [1.29, 1.82) is 0 Å². The van der Waals surface area contributed by atoms with Crippen molar-refractivity contribution in [1.82, 2.24) is 14.6 Å². The fourth-order valence-electron chi connectivity index (χ4n) is 2.63. The minimum absolute atomic E-state index is 0.110. The molecule has 0 spiro atoms.